The van der Waals surface area contributed by atoms with E-state index < -0.39 is 11.7 Å². The van der Waals surface area contributed by atoms with Crippen LogP contribution in [0.25, 0.3) is 0 Å². The van der Waals surface area contributed by atoms with E-state index in [1.54, 1.807) is 30.3 Å². The van der Waals surface area contributed by atoms with E-state index in [9.17, 15) is 9.18 Å². The molecule has 2 aromatic rings. The molecule has 0 aliphatic heterocycles. The number of nitriles is 1. The SMILES string of the molecule is N#C/C(=C/Nc1ccc(Cl)cc1)C(=O)Nc1ccc(F)cc1. The maximum atomic E-state index is 12.8. The number of halogens is 2. The normalized spacial score (nSPS) is 10.7. The Hall–Kier alpha value is -2.84. The van der Waals surface area contributed by atoms with Gasteiger partial charge in [-0.3, -0.25) is 4.79 Å². The van der Waals surface area contributed by atoms with Crippen molar-refractivity contribution >= 4 is 28.9 Å². The van der Waals surface area contributed by atoms with Crippen LogP contribution in [-0.4, -0.2) is 5.91 Å². The summed E-state index contributed by atoms with van der Waals surface area (Å²) >= 11 is 5.77. The number of rotatable bonds is 4. The number of carbonyl (C=O) groups is 1. The molecule has 0 aliphatic carbocycles. The fourth-order valence-corrected chi connectivity index (χ4v) is 1.71. The number of anilines is 2. The van der Waals surface area contributed by atoms with Gasteiger partial charge in [0.15, 0.2) is 0 Å². The van der Waals surface area contributed by atoms with E-state index in [0.29, 0.717) is 16.4 Å². The van der Waals surface area contributed by atoms with Crippen LogP contribution in [0.4, 0.5) is 15.8 Å². The number of nitrogens with one attached hydrogen (secondary N) is 2. The van der Waals surface area contributed by atoms with E-state index in [2.05, 4.69) is 10.6 Å². The van der Waals surface area contributed by atoms with Gasteiger partial charge in [-0.25, -0.2) is 4.39 Å². The molecule has 0 radical (unpaired) electrons. The highest BCUT2D eigenvalue weighted by atomic mass is 35.5. The predicted octanol–water partition coefficient (Wildman–Crippen LogP) is 3.94. The molecule has 0 saturated carbocycles. The smallest absolute Gasteiger partial charge is 0.267 e. The summed E-state index contributed by atoms with van der Waals surface area (Å²) in [5.41, 5.74) is 0.977. The zero-order valence-electron chi connectivity index (χ0n) is 11.3. The maximum absolute atomic E-state index is 12.8. The summed E-state index contributed by atoms with van der Waals surface area (Å²) < 4.78 is 12.8. The van der Waals surface area contributed by atoms with Crippen molar-refractivity contribution < 1.29 is 9.18 Å². The quantitative estimate of drug-likeness (QED) is 0.663. The molecule has 0 heterocycles. The van der Waals surface area contributed by atoms with Gasteiger partial charge < -0.3 is 10.6 Å². The van der Waals surface area contributed by atoms with Crippen molar-refractivity contribution in [3.8, 4) is 6.07 Å². The van der Waals surface area contributed by atoms with Gasteiger partial charge in [-0.1, -0.05) is 11.6 Å². The summed E-state index contributed by atoms with van der Waals surface area (Å²) in [6.07, 6.45) is 1.29. The Morgan fingerprint density at radius 3 is 2.27 bits per heavy atom. The van der Waals surface area contributed by atoms with E-state index >= 15 is 0 Å². The van der Waals surface area contributed by atoms with E-state index in [0.717, 1.165) is 0 Å². The van der Waals surface area contributed by atoms with Crippen LogP contribution in [0.15, 0.2) is 60.3 Å². The molecule has 2 rings (SSSR count). The molecule has 2 aromatic carbocycles. The molecular weight excluding hydrogens is 305 g/mol. The van der Waals surface area contributed by atoms with Gasteiger partial charge in [0, 0.05) is 22.6 Å². The molecule has 4 nitrogen and oxygen atoms in total. The lowest BCUT2D eigenvalue weighted by atomic mass is 10.2. The highest BCUT2D eigenvalue weighted by molar-refractivity contribution is 6.30. The third kappa shape index (κ3) is 4.33. The second-order valence-corrected chi connectivity index (χ2v) is 4.72. The van der Waals surface area contributed by atoms with Crippen LogP contribution in [-0.2, 0) is 4.79 Å². The van der Waals surface area contributed by atoms with Crippen LogP contribution in [0.5, 0.6) is 0 Å². The highest BCUT2D eigenvalue weighted by Gasteiger charge is 2.09. The summed E-state index contributed by atoms with van der Waals surface area (Å²) in [6.45, 7) is 0. The van der Waals surface area contributed by atoms with E-state index in [1.807, 2.05) is 0 Å². The lowest BCUT2D eigenvalue weighted by molar-refractivity contribution is -0.112. The molecule has 0 atom stereocenters. The first-order valence-corrected chi connectivity index (χ1v) is 6.65. The average molecular weight is 316 g/mol. The lowest BCUT2D eigenvalue weighted by Crippen LogP contribution is -2.14. The van der Waals surface area contributed by atoms with Crippen molar-refractivity contribution in [3.63, 3.8) is 0 Å². The first-order chi connectivity index (χ1) is 10.6. The van der Waals surface area contributed by atoms with Crippen molar-refractivity contribution in [2.45, 2.75) is 0 Å². The minimum absolute atomic E-state index is 0.112. The summed E-state index contributed by atoms with van der Waals surface area (Å²) in [7, 11) is 0. The molecule has 6 heteroatoms. The van der Waals surface area contributed by atoms with Crippen LogP contribution in [0.2, 0.25) is 5.02 Å². The predicted molar refractivity (Wildman–Crippen MR) is 83.8 cm³/mol. The van der Waals surface area contributed by atoms with Crippen molar-refractivity contribution in [3.05, 3.63) is 71.1 Å². The highest BCUT2D eigenvalue weighted by Crippen LogP contribution is 2.14. The van der Waals surface area contributed by atoms with Gasteiger partial charge in [-0.2, -0.15) is 5.26 Å². The summed E-state index contributed by atoms with van der Waals surface area (Å²) in [5, 5.41) is 15.0. The van der Waals surface area contributed by atoms with Crippen LogP contribution >= 0.6 is 11.6 Å². The molecule has 2 N–H and O–H groups in total. The minimum atomic E-state index is -0.587. The first kappa shape index (κ1) is 15.5. The Balaban J connectivity index is 2.05. The summed E-state index contributed by atoms with van der Waals surface area (Å²) in [6, 6.07) is 13.9. The summed E-state index contributed by atoms with van der Waals surface area (Å²) in [4.78, 5) is 11.9. The molecule has 22 heavy (non-hydrogen) atoms. The lowest BCUT2D eigenvalue weighted by Gasteiger charge is -2.05. The van der Waals surface area contributed by atoms with E-state index in [-0.39, 0.29) is 5.57 Å². The molecule has 0 bridgehead atoms. The zero-order chi connectivity index (χ0) is 15.9. The van der Waals surface area contributed by atoms with Crippen molar-refractivity contribution in [2.75, 3.05) is 10.6 Å². The largest absolute Gasteiger partial charge is 0.360 e. The minimum Gasteiger partial charge on any atom is -0.360 e. The van der Waals surface area contributed by atoms with Gasteiger partial charge in [-0.05, 0) is 48.5 Å². The van der Waals surface area contributed by atoms with Crippen molar-refractivity contribution in [2.24, 2.45) is 0 Å². The van der Waals surface area contributed by atoms with Crippen LogP contribution in [0.1, 0.15) is 0 Å². The molecular formula is C16H11ClFN3O. The van der Waals surface area contributed by atoms with E-state index in [1.165, 1.54) is 30.5 Å². The molecule has 0 saturated heterocycles. The monoisotopic (exact) mass is 315 g/mol. The fourth-order valence-electron chi connectivity index (χ4n) is 1.58. The Bertz CT molecular complexity index is 733. The number of hydrogen-bond donors (Lipinski definition) is 2. The second-order valence-electron chi connectivity index (χ2n) is 4.28. The molecule has 0 aliphatic rings. The molecule has 0 aromatic heterocycles. The third-order valence-corrected chi connectivity index (χ3v) is 2.95. The first-order valence-electron chi connectivity index (χ1n) is 6.28. The number of benzene rings is 2. The molecule has 1 amide bonds. The number of nitrogens with zero attached hydrogens (tertiary/aromatic N) is 1. The number of amides is 1. The van der Waals surface area contributed by atoms with Gasteiger partial charge in [0.2, 0.25) is 0 Å². The van der Waals surface area contributed by atoms with Gasteiger partial charge in [0.1, 0.15) is 17.5 Å². The molecule has 0 spiro atoms. The number of hydrogen-bond acceptors (Lipinski definition) is 3. The maximum Gasteiger partial charge on any atom is 0.267 e. The second kappa shape index (κ2) is 7.25. The third-order valence-electron chi connectivity index (χ3n) is 2.69. The number of carbonyl (C=O) groups excluding carboxylic acids is 1. The zero-order valence-corrected chi connectivity index (χ0v) is 12.1. The van der Waals surface area contributed by atoms with Crippen molar-refractivity contribution in [1.82, 2.24) is 0 Å². The average Bonchev–Trinajstić information content (AvgIpc) is 2.52. The van der Waals surface area contributed by atoms with Crippen LogP contribution in [0, 0.1) is 17.1 Å². The topological polar surface area (TPSA) is 64.9 Å². The van der Waals surface area contributed by atoms with E-state index in [4.69, 9.17) is 16.9 Å². The summed E-state index contributed by atoms with van der Waals surface area (Å²) in [5.74, 6) is -0.992. The van der Waals surface area contributed by atoms with Gasteiger partial charge in [0.25, 0.3) is 5.91 Å². The Labute approximate surface area is 131 Å². The fraction of sp³-hybridized carbons (Fsp3) is 0. The Morgan fingerprint density at radius 1 is 1.09 bits per heavy atom. The van der Waals surface area contributed by atoms with Gasteiger partial charge >= 0.3 is 0 Å². The van der Waals surface area contributed by atoms with Crippen LogP contribution in [0.3, 0.4) is 0 Å². The van der Waals surface area contributed by atoms with Gasteiger partial charge in [-0.15, -0.1) is 0 Å². The molecule has 0 unspecified atom stereocenters. The molecule has 0 fully saturated rings. The van der Waals surface area contributed by atoms with Crippen LogP contribution < -0.4 is 10.6 Å². The standard InChI is InChI=1S/C16H11ClFN3O/c17-12-1-5-14(6-2-12)20-10-11(9-19)16(22)21-15-7-3-13(18)4-8-15/h1-8,10,20H,(H,21,22)/b11-10-. The Kier molecular flexibility index (Phi) is 5.12. The Morgan fingerprint density at radius 2 is 1.68 bits per heavy atom. The molecule has 110 valence electrons. The van der Waals surface area contributed by atoms with Gasteiger partial charge in [0.05, 0.1) is 0 Å². The van der Waals surface area contributed by atoms with Crippen molar-refractivity contribution in [1.29, 1.82) is 5.26 Å².